The Morgan fingerprint density at radius 2 is 1.74 bits per heavy atom. The van der Waals surface area contributed by atoms with Crippen LogP contribution in [0.1, 0.15) is 66.4 Å². The maximum Gasteiger partial charge on any atom is 0.342 e. The summed E-state index contributed by atoms with van der Waals surface area (Å²) in [5.74, 6) is 1.40. The van der Waals surface area contributed by atoms with Gasteiger partial charge in [-0.05, 0) is 85.6 Å². The Hall–Kier alpha value is -2.98. The number of benzene rings is 2. The third-order valence-electron chi connectivity index (χ3n) is 9.19. The Kier molecular flexibility index (Phi) is 6.76. The van der Waals surface area contributed by atoms with Crippen LogP contribution in [-0.4, -0.2) is 46.9 Å². The molecule has 9 nitrogen and oxygen atoms in total. The molecule has 0 heterocycles. The minimum Gasteiger partial charge on any atom is -0.504 e. The highest BCUT2D eigenvalue weighted by molar-refractivity contribution is 7.89. The van der Waals surface area contributed by atoms with Crippen molar-refractivity contribution >= 4 is 16.0 Å². The Labute approximate surface area is 223 Å². The Balaban J connectivity index is 1.41. The maximum atomic E-state index is 13.5. The molecule has 0 spiro atoms. The summed E-state index contributed by atoms with van der Waals surface area (Å²) < 4.78 is 46.3. The van der Waals surface area contributed by atoms with E-state index in [0.29, 0.717) is 23.5 Å². The number of hydrogen-bond donors (Lipinski definition) is 2. The Bertz CT molecular complexity index is 1370. The standard InChI is InChI=1S/C28H35NO8S/c1-28-10-9-17-18(6-5-15-11-22(30)23(34-2)14-19(15)17)21(28)7-8-25(28)37-27(31)20-12-16(38(29,32)33)13-24(35-3)26(20)36-4/h11-14,17-18,21,25,30H,5-10H2,1-4H3,(H2,29,32,33)/t17-,18+,21-,25-,28-/m0/s1. The summed E-state index contributed by atoms with van der Waals surface area (Å²) in [5.41, 5.74) is 2.21. The molecule has 3 aliphatic carbocycles. The average molecular weight is 546 g/mol. The van der Waals surface area contributed by atoms with Crippen molar-refractivity contribution in [3.05, 3.63) is 41.0 Å². The van der Waals surface area contributed by atoms with E-state index < -0.39 is 16.0 Å². The van der Waals surface area contributed by atoms with E-state index in [1.54, 1.807) is 7.11 Å². The fourth-order valence-corrected chi connectivity index (χ4v) is 7.90. The topological polar surface area (TPSA) is 134 Å². The second-order valence-electron chi connectivity index (χ2n) is 10.9. The monoisotopic (exact) mass is 545 g/mol. The van der Waals surface area contributed by atoms with Gasteiger partial charge in [0.25, 0.3) is 0 Å². The molecule has 0 bridgehead atoms. The SMILES string of the molecule is COc1cc2c(cc1O)CC[C@@H]1[C@@H]2CC[C@]2(C)[C@@H](OC(=O)c3cc(S(N)(=O)=O)cc(OC)c3OC)CC[C@@H]12. The number of carbonyl (C=O) groups excluding carboxylic acids is 1. The zero-order valence-electron chi connectivity index (χ0n) is 22.2. The number of phenols is 1. The number of carbonyl (C=O) groups is 1. The summed E-state index contributed by atoms with van der Waals surface area (Å²) in [5, 5.41) is 15.6. The largest absolute Gasteiger partial charge is 0.504 e. The third kappa shape index (κ3) is 4.27. The lowest BCUT2D eigenvalue weighted by Crippen LogP contribution is -2.45. The van der Waals surface area contributed by atoms with Crippen LogP contribution in [0, 0.1) is 17.3 Å². The van der Waals surface area contributed by atoms with Crippen LogP contribution >= 0.6 is 0 Å². The number of methoxy groups -OCH3 is 3. The van der Waals surface area contributed by atoms with Crippen molar-refractivity contribution in [3.63, 3.8) is 0 Å². The smallest absolute Gasteiger partial charge is 0.342 e. The molecule has 38 heavy (non-hydrogen) atoms. The van der Waals surface area contributed by atoms with Crippen molar-refractivity contribution in [2.45, 2.75) is 62.4 Å². The number of aromatic hydroxyl groups is 1. The van der Waals surface area contributed by atoms with Crippen LogP contribution < -0.4 is 19.3 Å². The minimum absolute atomic E-state index is 0.0323. The molecular formula is C28H35NO8S. The van der Waals surface area contributed by atoms with Gasteiger partial charge in [-0.2, -0.15) is 0 Å². The molecule has 5 atom stereocenters. The van der Waals surface area contributed by atoms with E-state index in [1.165, 1.54) is 37.5 Å². The minimum atomic E-state index is -4.09. The second-order valence-corrected chi connectivity index (χ2v) is 12.5. The summed E-state index contributed by atoms with van der Waals surface area (Å²) in [6.45, 7) is 2.21. The van der Waals surface area contributed by atoms with Crippen LogP contribution in [0.25, 0.3) is 0 Å². The van der Waals surface area contributed by atoms with Crippen LogP contribution in [-0.2, 0) is 21.2 Å². The highest BCUT2D eigenvalue weighted by Crippen LogP contribution is 2.62. The molecule has 2 saturated carbocycles. The molecule has 206 valence electrons. The van der Waals surface area contributed by atoms with Crippen LogP contribution in [0.15, 0.2) is 29.2 Å². The number of sulfonamides is 1. The van der Waals surface area contributed by atoms with Gasteiger partial charge in [-0.1, -0.05) is 6.92 Å². The lowest BCUT2D eigenvalue weighted by atomic mass is 9.55. The van der Waals surface area contributed by atoms with Crippen molar-refractivity contribution in [2.75, 3.05) is 21.3 Å². The second kappa shape index (κ2) is 9.64. The van der Waals surface area contributed by atoms with E-state index in [0.717, 1.165) is 38.5 Å². The van der Waals surface area contributed by atoms with Gasteiger partial charge in [-0.15, -0.1) is 0 Å². The normalized spacial score (nSPS) is 28.0. The Morgan fingerprint density at radius 3 is 2.39 bits per heavy atom. The van der Waals surface area contributed by atoms with E-state index in [1.807, 2.05) is 12.1 Å². The van der Waals surface area contributed by atoms with E-state index >= 15 is 0 Å². The van der Waals surface area contributed by atoms with Gasteiger partial charge >= 0.3 is 5.97 Å². The zero-order chi connectivity index (χ0) is 27.4. The molecular weight excluding hydrogens is 510 g/mol. The number of phenolic OH excluding ortho intramolecular Hbond substituents is 1. The summed E-state index contributed by atoms with van der Waals surface area (Å²) >= 11 is 0. The molecule has 10 heteroatoms. The molecule has 0 saturated heterocycles. The first-order valence-electron chi connectivity index (χ1n) is 12.9. The molecule has 2 fully saturated rings. The zero-order valence-corrected chi connectivity index (χ0v) is 23.0. The number of ether oxygens (including phenoxy) is 4. The number of primary sulfonamides is 1. The van der Waals surface area contributed by atoms with Gasteiger partial charge in [0.05, 0.1) is 26.2 Å². The van der Waals surface area contributed by atoms with Crippen LogP contribution in [0.5, 0.6) is 23.0 Å². The van der Waals surface area contributed by atoms with Crippen LogP contribution in [0.4, 0.5) is 0 Å². The lowest BCUT2D eigenvalue weighted by Gasteiger charge is -2.50. The lowest BCUT2D eigenvalue weighted by molar-refractivity contribution is -0.0429. The molecule has 0 aromatic heterocycles. The highest BCUT2D eigenvalue weighted by Gasteiger charge is 2.56. The maximum absolute atomic E-state index is 13.5. The first kappa shape index (κ1) is 26.6. The summed E-state index contributed by atoms with van der Waals surface area (Å²) in [6.07, 6.45) is 5.11. The number of hydrogen-bond acceptors (Lipinski definition) is 8. The van der Waals surface area contributed by atoms with Gasteiger partial charge in [0.15, 0.2) is 23.0 Å². The van der Waals surface area contributed by atoms with Gasteiger partial charge < -0.3 is 24.1 Å². The predicted octanol–water partition coefficient (Wildman–Crippen LogP) is 4.15. The third-order valence-corrected chi connectivity index (χ3v) is 10.1. The molecule has 2 aromatic carbocycles. The van der Waals surface area contributed by atoms with Gasteiger partial charge in [0.1, 0.15) is 11.7 Å². The first-order chi connectivity index (χ1) is 18.0. The van der Waals surface area contributed by atoms with E-state index in [4.69, 9.17) is 24.1 Å². The first-order valence-corrected chi connectivity index (χ1v) is 14.5. The van der Waals surface area contributed by atoms with Crippen molar-refractivity contribution in [2.24, 2.45) is 22.4 Å². The predicted molar refractivity (Wildman–Crippen MR) is 139 cm³/mol. The molecule has 5 rings (SSSR count). The number of fused-ring (bicyclic) bond motifs is 5. The van der Waals surface area contributed by atoms with E-state index in [9.17, 15) is 18.3 Å². The molecule has 0 amide bonds. The number of aryl methyl sites for hydroxylation is 1. The fourth-order valence-electron chi connectivity index (χ4n) is 7.34. The molecule has 0 unspecified atom stereocenters. The van der Waals surface area contributed by atoms with Gasteiger partial charge in [-0.25, -0.2) is 18.4 Å². The number of rotatable bonds is 6. The summed E-state index contributed by atoms with van der Waals surface area (Å²) in [6, 6.07) is 6.25. The Morgan fingerprint density at radius 1 is 1.00 bits per heavy atom. The van der Waals surface area contributed by atoms with E-state index in [2.05, 4.69) is 6.92 Å². The number of esters is 1. The molecule has 0 radical (unpaired) electrons. The van der Waals surface area contributed by atoms with E-state index in [-0.39, 0.29) is 39.2 Å². The van der Waals surface area contributed by atoms with Crippen molar-refractivity contribution in [3.8, 4) is 23.0 Å². The molecule has 2 aromatic rings. The van der Waals surface area contributed by atoms with Crippen molar-refractivity contribution in [1.82, 2.24) is 0 Å². The molecule has 0 aliphatic heterocycles. The van der Waals surface area contributed by atoms with Crippen LogP contribution in [0.2, 0.25) is 0 Å². The van der Waals surface area contributed by atoms with Crippen molar-refractivity contribution in [1.29, 1.82) is 0 Å². The van der Waals surface area contributed by atoms with Gasteiger partial charge in [0, 0.05) is 11.5 Å². The fraction of sp³-hybridized carbons (Fsp3) is 0.536. The van der Waals surface area contributed by atoms with Gasteiger partial charge in [-0.3, -0.25) is 0 Å². The number of nitrogens with two attached hydrogens (primary N) is 1. The highest BCUT2D eigenvalue weighted by atomic mass is 32.2. The van der Waals surface area contributed by atoms with Gasteiger partial charge in [0.2, 0.25) is 10.0 Å². The quantitative estimate of drug-likeness (QED) is 0.517. The summed E-state index contributed by atoms with van der Waals surface area (Å²) in [4.78, 5) is 13.2. The molecule has 3 N–H and O–H groups in total. The summed E-state index contributed by atoms with van der Waals surface area (Å²) in [7, 11) is 0.225. The average Bonchev–Trinajstić information content (AvgIpc) is 3.22. The van der Waals surface area contributed by atoms with Crippen molar-refractivity contribution < 1.29 is 37.3 Å². The van der Waals surface area contributed by atoms with Crippen LogP contribution in [0.3, 0.4) is 0 Å². The molecule has 3 aliphatic rings.